The summed E-state index contributed by atoms with van der Waals surface area (Å²) in [7, 11) is 0. The molecule has 1 saturated carbocycles. The van der Waals surface area contributed by atoms with Crippen molar-refractivity contribution in [3.63, 3.8) is 0 Å². The molecule has 1 aliphatic rings. The fourth-order valence-electron chi connectivity index (χ4n) is 3.00. The second kappa shape index (κ2) is 6.32. The zero-order chi connectivity index (χ0) is 13.3. The quantitative estimate of drug-likeness (QED) is 0.776. The van der Waals surface area contributed by atoms with E-state index < -0.39 is 0 Å². The van der Waals surface area contributed by atoms with Gasteiger partial charge in [-0.25, -0.2) is 0 Å². The van der Waals surface area contributed by atoms with Crippen molar-refractivity contribution in [3.05, 3.63) is 70.8 Å². The minimum atomic E-state index is 0. The third kappa shape index (κ3) is 2.66. The molecule has 0 amide bonds. The van der Waals surface area contributed by atoms with E-state index in [1.54, 1.807) is 0 Å². The van der Waals surface area contributed by atoms with Crippen molar-refractivity contribution in [2.24, 2.45) is 0 Å². The average Bonchev–Trinajstić information content (AvgIpc) is 2.40. The Kier molecular flexibility index (Phi) is 4.93. The van der Waals surface area contributed by atoms with Gasteiger partial charge in [0.1, 0.15) is 0 Å². The van der Waals surface area contributed by atoms with Crippen molar-refractivity contribution in [1.82, 2.24) is 0 Å². The standard InChI is InChI=1S/C18H17O.Y/c1-14-3-7-16(8-4-14)18(11-2-12-18)17-9-5-15(13-19)6-10-17;/h3-10H,2,11-12H2,1H3;/q-1;. The molecular weight excluding hydrogens is 321 g/mol. The summed E-state index contributed by atoms with van der Waals surface area (Å²) in [5.41, 5.74) is 4.80. The van der Waals surface area contributed by atoms with Gasteiger partial charge in [0.05, 0.1) is 6.29 Å². The molecule has 2 aromatic rings. The van der Waals surface area contributed by atoms with E-state index in [1.807, 2.05) is 18.4 Å². The fourth-order valence-corrected chi connectivity index (χ4v) is 3.00. The van der Waals surface area contributed by atoms with Gasteiger partial charge in [-0.3, -0.25) is 0 Å². The van der Waals surface area contributed by atoms with Crippen molar-refractivity contribution in [2.45, 2.75) is 31.6 Å². The Bertz CT molecular complexity index is 580. The Hall–Kier alpha value is -0.786. The van der Waals surface area contributed by atoms with E-state index in [4.69, 9.17) is 0 Å². The van der Waals surface area contributed by atoms with Crippen molar-refractivity contribution in [3.8, 4) is 0 Å². The third-order valence-electron chi connectivity index (χ3n) is 4.37. The number of hydrogen-bond donors (Lipinski definition) is 0. The summed E-state index contributed by atoms with van der Waals surface area (Å²) in [6.07, 6.45) is 5.60. The van der Waals surface area contributed by atoms with Crippen LogP contribution in [0.4, 0.5) is 0 Å². The molecule has 20 heavy (non-hydrogen) atoms. The summed E-state index contributed by atoms with van der Waals surface area (Å²) in [5, 5.41) is 0. The van der Waals surface area contributed by atoms with E-state index in [9.17, 15) is 4.79 Å². The molecule has 0 saturated heterocycles. The number of aryl methyl sites for hydroxylation is 1. The molecule has 0 heterocycles. The minimum absolute atomic E-state index is 0. The van der Waals surface area contributed by atoms with Gasteiger partial charge in [-0.1, -0.05) is 41.8 Å². The zero-order valence-corrected chi connectivity index (χ0v) is 14.6. The summed E-state index contributed by atoms with van der Waals surface area (Å²) in [5.74, 6) is 0. The molecule has 0 spiro atoms. The maximum atomic E-state index is 10.6. The normalized spacial score (nSPS) is 15.8. The molecular formula is C18H17OY-. The van der Waals surface area contributed by atoms with Crippen LogP contribution in [0.3, 0.4) is 0 Å². The molecule has 1 nitrogen and oxygen atoms in total. The second-order valence-electron chi connectivity index (χ2n) is 5.48. The number of rotatable bonds is 3. The molecule has 2 aromatic carbocycles. The van der Waals surface area contributed by atoms with Crippen LogP contribution in [-0.4, -0.2) is 6.29 Å². The first-order valence-electron chi connectivity index (χ1n) is 6.80. The maximum absolute atomic E-state index is 10.6. The van der Waals surface area contributed by atoms with Gasteiger partial charge >= 0.3 is 0 Å². The van der Waals surface area contributed by atoms with Crippen LogP contribution in [0, 0.1) is 6.92 Å². The average molecular weight is 338 g/mol. The molecule has 0 aromatic heterocycles. The zero-order valence-electron chi connectivity index (χ0n) is 11.7. The second-order valence-corrected chi connectivity index (χ2v) is 5.48. The van der Waals surface area contributed by atoms with Crippen LogP contribution in [0.5, 0.6) is 0 Å². The Balaban J connectivity index is 0.00000147. The van der Waals surface area contributed by atoms with E-state index in [-0.39, 0.29) is 38.1 Å². The summed E-state index contributed by atoms with van der Waals surface area (Å²) < 4.78 is 0. The largest absolute Gasteiger partial charge is 0.376 e. The SMILES string of the molecule is Cc1ccc(C2(c3ccc([C-]=O)cc3)CCC2)cc1.[Y]. The van der Waals surface area contributed by atoms with Crippen molar-refractivity contribution < 1.29 is 37.5 Å². The number of benzene rings is 2. The van der Waals surface area contributed by atoms with E-state index in [1.165, 1.54) is 36.0 Å². The molecule has 2 heteroatoms. The molecule has 0 unspecified atom stereocenters. The first kappa shape index (κ1) is 15.6. The fraction of sp³-hybridized carbons (Fsp3) is 0.278. The summed E-state index contributed by atoms with van der Waals surface area (Å²) in [6.45, 7) is 2.12. The topological polar surface area (TPSA) is 17.1 Å². The van der Waals surface area contributed by atoms with Gasteiger partial charge in [0, 0.05) is 38.1 Å². The molecule has 1 fully saturated rings. The predicted octanol–water partition coefficient (Wildman–Crippen LogP) is 3.92. The Morgan fingerprint density at radius 2 is 1.40 bits per heavy atom. The van der Waals surface area contributed by atoms with Crippen LogP contribution in [0.2, 0.25) is 0 Å². The van der Waals surface area contributed by atoms with Crippen LogP contribution in [-0.2, 0) is 42.9 Å². The Labute approximate surface area is 145 Å². The van der Waals surface area contributed by atoms with Crippen LogP contribution >= 0.6 is 0 Å². The molecule has 0 atom stereocenters. The molecule has 0 aliphatic heterocycles. The van der Waals surface area contributed by atoms with Gasteiger partial charge in [0.15, 0.2) is 0 Å². The molecule has 1 aliphatic carbocycles. The summed E-state index contributed by atoms with van der Waals surface area (Å²) >= 11 is 0. The van der Waals surface area contributed by atoms with Gasteiger partial charge in [0.25, 0.3) is 0 Å². The van der Waals surface area contributed by atoms with Crippen LogP contribution < -0.4 is 0 Å². The van der Waals surface area contributed by atoms with E-state index in [0.717, 1.165) is 0 Å². The molecule has 3 rings (SSSR count). The van der Waals surface area contributed by atoms with Crippen molar-refractivity contribution in [2.75, 3.05) is 0 Å². The van der Waals surface area contributed by atoms with Gasteiger partial charge in [0.2, 0.25) is 0 Å². The first-order chi connectivity index (χ1) is 9.24. The molecule has 1 radical (unpaired) electrons. The van der Waals surface area contributed by atoms with Gasteiger partial charge in [-0.2, -0.15) is 17.7 Å². The van der Waals surface area contributed by atoms with Crippen LogP contribution in [0.1, 0.15) is 41.5 Å². The maximum Gasteiger partial charge on any atom is 0.0627 e. The van der Waals surface area contributed by atoms with E-state index in [0.29, 0.717) is 5.56 Å². The minimum Gasteiger partial charge on any atom is -0.376 e. The summed E-state index contributed by atoms with van der Waals surface area (Å²) in [6, 6.07) is 16.8. The monoisotopic (exact) mass is 338 g/mol. The van der Waals surface area contributed by atoms with Crippen LogP contribution in [0.25, 0.3) is 0 Å². The Morgan fingerprint density at radius 3 is 1.80 bits per heavy atom. The van der Waals surface area contributed by atoms with Gasteiger partial charge in [-0.05, 0) is 25.3 Å². The number of hydrogen-bond acceptors (Lipinski definition) is 1. The van der Waals surface area contributed by atoms with Gasteiger partial charge < -0.3 is 4.79 Å². The van der Waals surface area contributed by atoms with E-state index >= 15 is 0 Å². The van der Waals surface area contributed by atoms with Crippen molar-refractivity contribution >= 4 is 6.29 Å². The third-order valence-corrected chi connectivity index (χ3v) is 4.37. The smallest absolute Gasteiger partial charge is 0.0627 e. The Morgan fingerprint density at radius 1 is 0.900 bits per heavy atom. The van der Waals surface area contributed by atoms with Gasteiger partial charge in [-0.15, -0.1) is 12.1 Å². The first-order valence-corrected chi connectivity index (χ1v) is 6.80. The van der Waals surface area contributed by atoms with Crippen molar-refractivity contribution in [1.29, 1.82) is 0 Å². The molecule has 0 bridgehead atoms. The molecule has 99 valence electrons. The number of carbonyl (C=O) groups excluding carboxylic acids is 1. The molecule has 0 N–H and O–H groups in total. The van der Waals surface area contributed by atoms with Crippen LogP contribution in [0.15, 0.2) is 48.5 Å². The summed E-state index contributed by atoms with van der Waals surface area (Å²) in [4.78, 5) is 10.6. The van der Waals surface area contributed by atoms with E-state index in [2.05, 4.69) is 43.3 Å². The predicted molar refractivity (Wildman–Crippen MR) is 77.0 cm³/mol.